The van der Waals surface area contributed by atoms with Crippen molar-refractivity contribution < 1.29 is 13.9 Å². The van der Waals surface area contributed by atoms with Crippen molar-refractivity contribution in [3.05, 3.63) is 78.7 Å². The summed E-state index contributed by atoms with van der Waals surface area (Å²) in [6.45, 7) is 3.24. The molecule has 154 valence electrons. The maximum atomic E-state index is 14.8. The van der Waals surface area contributed by atoms with Gasteiger partial charge in [-0.2, -0.15) is 15.5 Å². The van der Waals surface area contributed by atoms with Crippen molar-refractivity contribution in [1.82, 2.24) is 19.4 Å². The van der Waals surface area contributed by atoms with Gasteiger partial charge in [0.2, 0.25) is 5.91 Å². The normalized spacial score (nSPS) is 10.6. The van der Waals surface area contributed by atoms with Crippen LogP contribution in [0.1, 0.15) is 11.1 Å². The number of ether oxygens (including phenoxy) is 1. The first kappa shape index (κ1) is 19.8. The van der Waals surface area contributed by atoms with Gasteiger partial charge in [0.05, 0.1) is 18.1 Å². The van der Waals surface area contributed by atoms with E-state index in [-0.39, 0.29) is 17.9 Å². The Hall–Kier alpha value is -4.45. The van der Waals surface area contributed by atoms with Crippen molar-refractivity contribution in [3.63, 3.8) is 0 Å². The number of hydrogen-bond acceptors (Lipinski definition) is 5. The van der Waals surface area contributed by atoms with Gasteiger partial charge in [0.25, 0.3) is 0 Å². The van der Waals surface area contributed by atoms with Crippen molar-refractivity contribution in [2.24, 2.45) is 7.05 Å². The number of fused-ring (bicyclic) bond motifs is 1. The van der Waals surface area contributed by atoms with Crippen molar-refractivity contribution in [1.29, 1.82) is 5.26 Å². The fourth-order valence-corrected chi connectivity index (χ4v) is 3.13. The summed E-state index contributed by atoms with van der Waals surface area (Å²) in [6, 6.07) is 8.47. The second kappa shape index (κ2) is 8.12. The fraction of sp³-hybridized carbons (Fsp3) is 0.0909. The number of carbonyl (C=O) groups excluding carboxylic acids is 1. The number of amides is 1. The van der Waals surface area contributed by atoms with Gasteiger partial charge in [-0.15, -0.1) is 0 Å². The number of halogens is 1. The number of nitrogens with one attached hydrogen (secondary N) is 1. The zero-order valence-electron chi connectivity index (χ0n) is 16.5. The number of anilines is 1. The first-order valence-electron chi connectivity index (χ1n) is 9.24. The molecule has 3 heterocycles. The molecule has 0 unspecified atom stereocenters. The number of aromatic nitrogens is 4. The Labute approximate surface area is 176 Å². The number of nitrogens with zero attached hydrogens (tertiary/aromatic N) is 5. The molecule has 8 nitrogen and oxygen atoms in total. The van der Waals surface area contributed by atoms with E-state index in [1.807, 2.05) is 13.2 Å². The SMILES string of the molecule is C=CC(=O)Nc1cccc(COc2cc(-c3cnn(C)c3)cn3ncc(C#N)c23)c1F. The second-order valence-corrected chi connectivity index (χ2v) is 6.72. The molecule has 0 bridgehead atoms. The second-order valence-electron chi connectivity index (χ2n) is 6.72. The summed E-state index contributed by atoms with van der Waals surface area (Å²) in [7, 11) is 1.81. The quantitative estimate of drug-likeness (QED) is 0.486. The molecular weight excluding hydrogens is 399 g/mol. The fourth-order valence-electron chi connectivity index (χ4n) is 3.13. The molecule has 1 N–H and O–H groups in total. The van der Waals surface area contributed by atoms with Crippen molar-refractivity contribution in [3.8, 4) is 22.9 Å². The van der Waals surface area contributed by atoms with Gasteiger partial charge in [-0.05, 0) is 18.2 Å². The Morgan fingerprint density at radius 2 is 2.16 bits per heavy atom. The van der Waals surface area contributed by atoms with Crippen LogP contribution in [-0.2, 0) is 18.4 Å². The van der Waals surface area contributed by atoms with Gasteiger partial charge in [-0.25, -0.2) is 8.91 Å². The Morgan fingerprint density at radius 3 is 2.87 bits per heavy atom. The third-order valence-corrected chi connectivity index (χ3v) is 4.64. The summed E-state index contributed by atoms with van der Waals surface area (Å²) < 4.78 is 24.0. The molecule has 0 saturated carbocycles. The molecule has 0 aliphatic rings. The summed E-state index contributed by atoms with van der Waals surface area (Å²) in [4.78, 5) is 11.5. The van der Waals surface area contributed by atoms with Crippen LogP contribution in [0.4, 0.5) is 10.1 Å². The van der Waals surface area contributed by atoms with E-state index in [1.165, 1.54) is 12.3 Å². The lowest BCUT2D eigenvalue weighted by Gasteiger charge is -2.12. The molecule has 0 radical (unpaired) electrons. The molecule has 4 aromatic rings. The van der Waals surface area contributed by atoms with Crippen LogP contribution in [0.25, 0.3) is 16.6 Å². The summed E-state index contributed by atoms with van der Waals surface area (Å²) >= 11 is 0. The van der Waals surface area contributed by atoms with E-state index in [4.69, 9.17) is 4.74 Å². The molecule has 0 spiro atoms. The predicted molar refractivity (Wildman–Crippen MR) is 112 cm³/mol. The first-order chi connectivity index (χ1) is 15.0. The van der Waals surface area contributed by atoms with Gasteiger partial charge in [0.1, 0.15) is 29.5 Å². The van der Waals surface area contributed by atoms with E-state index in [1.54, 1.807) is 39.8 Å². The molecule has 1 aromatic carbocycles. The van der Waals surface area contributed by atoms with Gasteiger partial charge < -0.3 is 10.1 Å². The van der Waals surface area contributed by atoms with Crippen LogP contribution >= 0.6 is 0 Å². The zero-order valence-corrected chi connectivity index (χ0v) is 16.5. The van der Waals surface area contributed by atoms with Crippen LogP contribution in [-0.4, -0.2) is 25.3 Å². The van der Waals surface area contributed by atoms with Crippen molar-refractivity contribution in [2.45, 2.75) is 6.61 Å². The molecule has 0 aliphatic carbocycles. The molecule has 0 saturated heterocycles. The Kier molecular flexibility index (Phi) is 5.20. The number of rotatable bonds is 6. The number of hydrogen-bond donors (Lipinski definition) is 1. The number of pyridine rings is 1. The highest BCUT2D eigenvalue weighted by Gasteiger charge is 2.16. The topological polar surface area (TPSA) is 97.2 Å². The minimum atomic E-state index is -0.605. The van der Waals surface area contributed by atoms with Gasteiger partial charge in [-0.1, -0.05) is 18.7 Å². The van der Waals surface area contributed by atoms with Crippen LogP contribution in [0.2, 0.25) is 0 Å². The summed E-state index contributed by atoms with van der Waals surface area (Å²) in [5, 5.41) is 20.3. The van der Waals surface area contributed by atoms with Crippen molar-refractivity contribution in [2.75, 3.05) is 5.32 Å². The average Bonchev–Trinajstić information content (AvgIpc) is 3.39. The lowest BCUT2D eigenvalue weighted by molar-refractivity contribution is -0.111. The van der Waals surface area contributed by atoms with Gasteiger partial charge >= 0.3 is 0 Å². The summed E-state index contributed by atoms with van der Waals surface area (Å²) in [6.07, 6.45) is 7.82. The van der Waals surface area contributed by atoms with Gasteiger partial charge in [0.15, 0.2) is 5.82 Å². The van der Waals surface area contributed by atoms with Crippen molar-refractivity contribution >= 4 is 17.1 Å². The monoisotopic (exact) mass is 416 g/mol. The Bertz CT molecular complexity index is 1350. The van der Waals surface area contributed by atoms with Crippen LogP contribution < -0.4 is 10.1 Å². The highest BCUT2D eigenvalue weighted by atomic mass is 19.1. The van der Waals surface area contributed by atoms with Crippen LogP contribution in [0.3, 0.4) is 0 Å². The molecule has 0 aliphatic heterocycles. The molecule has 0 fully saturated rings. The molecule has 4 rings (SSSR count). The van der Waals surface area contributed by atoms with Crippen LogP contribution in [0, 0.1) is 17.1 Å². The number of nitriles is 1. The lowest BCUT2D eigenvalue weighted by atomic mass is 10.1. The highest BCUT2D eigenvalue weighted by Crippen LogP contribution is 2.31. The maximum absolute atomic E-state index is 14.8. The van der Waals surface area contributed by atoms with E-state index in [0.29, 0.717) is 16.8 Å². The minimum absolute atomic E-state index is 0.0299. The average molecular weight is 416 g/mol. The van der Waals surface area contributed by atoms with Gasteiger partial charge in [0, 0.05) is 36.1 Å². The maximum Gasteiger partial charge on any atom is 0.247 e. The molecule has 31 heavy (non-hydrogen) atoms. The van der Waals surface area contributed by atoms with E-state index in [2.05, 4.69) is 28.2 Å². The molecule has 9 heteroatoms. The first-order valence-corrected chi connectivity index (χ1v) is 9.24. The molecule has 3 aromatic heterocycles. The minimum Gasteiger partial charge on any atom is -0.486 e. The number of carbonyl (C=O) groups is 1. The standard InChI is InChI=1S/C22H17FN6O2/c1-3-20(30)27-18-6-4-5-14(21(18)23)13-31-19-7-15(17-10-25-28(2)11-17)12-29-22(19)16(8-24)9-26-29/h3-7,9-12H,1,13H2,2H3,(H,27,30). The van der Waals surface area contributed by atoms with E-state index < -0.39 is 11.7 Å². The van der Waals surface area contributed by atoms with E-state index in [9.17, 15) is 14.4 Å². The van der Waals surface area contributed by atoms with E-state index in [0.717, 1.165) is 17.2 Å². The highest BCUT2D eigenvalue weighted by molar-refractivity contribution is 5.99. The molecular formula is C22H17FN6O2. The summed E-state index contributed by atoms with van der Waals surface area (Å²) in [5.41, 5.74) is 2.69. The molecule has 0 atom stereocenters. The van der Waals surface area contributed by atoms with Gasteiger partial charge in [-0.3, -0.25) is 9.48 Å². The third kappa shape index (κ3) is 3.86. The number of aryl methyl sites for hydroxylation is 1. The van der Waals surface area contributed by atoms with Crippen LogP contribution in [0.15, 0.2) is 61.7 Å². The Balaban J connectivity index is 1.70. The van der Waals surface area contributed by atoms with Crippen LogP contribution in [0.5, 0.6) is 5.75 Å². The third-order valence-electron chi connectivity index (χ3n) is 4.64. The lowest BCUT2D eigenvalue weighted by Crippen LogP contribution is -2.10. The Morgan fingerprint density at radius 1 is 1.32 bits per heavy atom. The summed E-state index contributed by atoms with van der Waals surface area (Å²) in [5.74, 6) is -0.748. The zero-order chi connectivity index (χ0) is 22.0. The number of benzene rings is 1. The largest absolute Gasteiger partial charge is 0.486 e. The smallest absolute Gasteiger partial charge is 0.247 e. The molecule has 1 amide bonds. The van der Waals surface area contributed by atoms with E-state index >= 15 is 0 Å². The predicted octanol–water partition coefficient (Wildman–Crippen LogP) is 3.45.